The van der Waals surface area contributed by atoms with Crippen LogP contribution >= 0.6 is 0 Å². The molecule has 0 aliphatic carbocycles. The number of carbonyl (C=O) groups excluding carboxylic acids is 8. The Morgan fingerprint density at radius 2 is 0.561 bits per heavy atom. The van der Waals surface area contributed by atoms with Gasteiger partial charge in [-0.3, -0.25) is 19.2 Å². The van der Waals surface area contributed by atoms with Crippen molar-refractivity contribution in [3.63, 3.8) is 0 Å². The van der Waals surface area contributed by atoms with Gasteiger partial charge in [0.1, 0.15) is 23.1 Å². The van der Waals surface area contributed by atoms with E-state index in [4.69, 9.17) is 0 Å². The van der Waals surface area contributed by atoms with Gasteiger partial charge in [-0.15, -0.1) is 26.3 Å². The number of rotatable bonds is 16. The quantitative estimate of drug-likeness (QED) is 0.131. The van der Waals surface area contributed by atoms with Gasteiger partial charge in [0, 0.05) is 0 Å². The third-order valence-electron chi connectivity index (χ3n) is 4.71. The number of allylic oxidation sites excluding steroid dienone is 4. The molecule has 4 unspecified atom stereocenters. The number of carboxylic acids is 4. The maximum absolute atomic E-state index is 10.5. The standard InChI is InChI=1S/4C7H10O3.Zr/c4*1-3-4-6(5(2)8)7(9)10;/h4*3,6H,1,4H2,2H3,(H,9,10);/q;;;;+4/p-4. The number of carboxylic acid groups (broad SMARTS) is 4. The maximum atomic E-state index is 10.5. The molecule has 224 valence electrons. The first kappa shape index (κ1) is 47.2. The minimum atomic E-state index is -1.33. The zero-order valence-corrected chi connectivity index (χ0v) is 26.1. The van der Waals surface area contributed by atoms with Crippen molar-refractivity contribution < 1.29 is 85.0 Å². The Kier molecular flexibility index (Phi) is 32.2. The van der Waals surface area contributed by atoms with Gasteiger partial charge >= 0.3 is 26.2 Å². The summed E-state index contributed by atoms with van der Waals surface area (Å²) in [5.41, 5.74) is 0. The Hall–Kier alpha value is -3.60. The SMILES string of the molecule is C=CCC(C(C)=O)C(=O)[O-].C=CCC(C(C)=O)C(=O)[O-].C=CCC(C(C)=O)C(=O)[O-].C=CCC(C(C)=O)C(=O)[O-].[Zr+4]. The molecule has 12 nitrogen and oxygen atoms in total. The summed E-state index contributed by atoms with van der Waals surface area (Å²) in [6.07, 6.45) is 6.16. The molecule has 0 aromatic rings. The average molecular weight is 656 g/mol. The van der Waals surface area contributed by atoms with Crippen LogP contribution in [-0.4, -0.2) is 47.0 Å². The van der Waals surface area contributed by atoms with Crippen LogP contribution in [0.1, 0.15) is 53.4 Å². The fraction of sp³-hybridized carbons (Fsp3) is 0.429. The van der Waals surface area contributed by atoms with Gasteiger partial charge in [0.2, 0.25) is 0 Å². The zero-order valence-electron chi connectivity index (χ0n) is 23.7. The monoisotopic (exact) mass is 654 g/mol. The van der Waals surface area contributed by atoms with E-state index in [2.05, 4.69) is 26.3 Å². The van der Waals surface area contributed by atoms with E-state index in [-0.39, 0.29) is 75.0 Å². The van der Waals surface area contributed by atoms with Crippen molar-refractivity contribution in [2.75, 3.05) is 0 Å². The van der Waals surface area contributed by atoms with Crippen molar-refractivity contribution in [3.8, 4) is 0 Å². The van der Waals surface area contributed by atoms with E-state index >= 15 is 0 Å². The molecule has 0 aromatic heterocycles. The van der Waals surface area contributed by atoms with Crippen molar-refractivity contribution in [1.82, 2.24) is 0 Å². The van der Waals surface area contributed by atoms with Crippen LogP contribution in [0.15, 0.2) is 50.6 Å². The molecule has 0 aliphatic heterocycles. The van der Waals surface area contributed by atoms with Crippen molar-refractivity contribution in [3.05, 3.63) is 50.6 Å². The molecule has 0 radical (unpaired) electrons. The smallest absolute Gasteiger partial charge is 0.549 e. The molecule has 0 saturated carbocycles. The van der Waals surface area contributed by atoms with E-state index in [9.17, 15) is 58.8 Å². The molecule has 0 spiro atoms. The first-order valence-electron chi connectivity index (χ1n) is 11.7. The normalized spacial score (nSPS) is 11.8. The summed E-state index contributed by atoms with van der Waals surface area (Å²) >= 11 is 0. The van der Waals surface area contributed by atoms with E-state index in [1.54, 1.807) is 0 Å². The predicted octanol–water partition coefficient (Wildman–Crippen LogP) is -1.93. The number of hydrogen-bond acceptors (Lipinski definition) is 12. The van der Waals surface area contributed by atoms with E-state index in [1.165, 1.54) is 52.0 Å². The summed E-state index contributed by atoms with van der Waals surface area (Å²) in [5, 5.41) is 40.6. The number of aliphatic carboxylic acids is 4. The topological polar surface area (TPSA) is 229 Å². The molecule has 4 atom stereocenters. The molecule has 0 aromatic carbocycles. The van der Waals surface area contributed by atoms with E-state index in [1.807, 2.05) is 0 Å². The predicted molar refractivity (Wildman–Crippen MR) is 136 cm³/mol. The first-order chi connectivity index (χ1) is 18.4. The van der Waals surface area contributed by atoms with Crippen LogP contribution < -0.4 is 20.4 Å². The fourth-order valence-electron chi connectivity index (χ4n) is 2.38. The molecule has 41 heavy (non-hydrogen) atoms. The third kappa shape index (κ3) is 26.4. The number of carbonyl (C=O) groups is 8. The number of ketones is 4. The summed E-state index contributed by atoms with van der Waals surface area (Å²) < 4.78 is 0. The van der Waals surface area contributed by atoms with Crippen molar-refractivity contribution >= 4 is 47.0 Å². The van der Waals surface area contributed by atoms with Crippen LogP contribution in [0, 0.1) is 23.7 Å². The molecule has 0 aliphatic rings. The van der Waals surface area contributed by atoms with Gasteiger partial charge in [0.15, 0.2) is 0 Å². The maximum Gasteiger partial charge on any atom is 4.00 e. The Labute approximate surface area is 259 Å². The second kappa shape index (κ2) is 28.0. The van der Waals surface area contributed by atoms with Gasteiger partial charge in [-0.25, -0.2) is 0 Å². The van der Waals surface area contributed by atoms with Crippen LogP contribution in [0.2, 0.25) is 0 Å². The number of Topliss-reactive ketones (excluding diaryl/α,β-unsaturated/α-hetero) is 4. The fourth-order valence-corrected chi connectivity index (χ4v) is 2.38. The zero-order chi connectivity index (χ0) is 32.6. The van der Waals surface area contributed by atoms with Gasteiger partial charge in [-0.1, -0.05) is 24.3 Å². The van der Waals surface area contributed by atoms with Gasteiger partial charge in [0.25, 0.3) is 0 Å². The minimum Gasteiger partial charge on any atom is -0.549 e. The number of hydrogen-bond donors (Lipinski definition) is 0. The third-order valence-corrected chi connectivity index (χ3v) is 4.71. The van der Waals surface area contributed by atoms with Crippen molar-refractivity contribution in [2.45, 2.75) is 53.4 Å². The molecule has 0 saturated heterocycles. The summed E-state index contributed by atoms with van der Waals surface area (Å²) in [4.78, 5) is 82.6. The molecular weight excluding hydrogens is 620 g/mol. The summed E-state index contributed by atoms with van der Waals surface area (Å²) in [6, 6.07) is 0. The molecule has 13 heteroatoms. The largest absolute Gasteiger partial charge is 4.00 e. The second-order valence-electron chi connectivity index (χ2n) is 8.03. The second-order valence-corrected chi connectivity index (χ2v) is 8.03. The summed E-state index contributed by atoms with van der Waals surface area (Å²) in [7, 11) is 0. The first-order valence-corrected chi connectivity index (χ1v) is 11.7. The summed E-state index contributed by atoms with van der Waals surface area (Å²) in [5.74, 6) is -10.9. The molecule has 0 bridgehead atoms. The van der Waals surface area contributed by atoms with Gasteiger partial charge in [-0.05, 0) is 53.4 Å². The van der Waals surface area contributed by atoms with E-state index in [0.29, 0.717) is 0 Å². The summed E-state index contributed by atoms with van der Waals surface area (Å²) in [6.45, 7) is 18.2. The van der Waals surface area contributed by atoms with Crippen molar-refractivity contribution in [1.29, 1.82) is 0 Å². The average Bonchev–Trinajstić information content (AvgIpc) is 2.82. The van der Waals surface area contributed by atoms with E-state index < -0.39 is 47.5 Å². The van der Waals surface area contributed by atoms with Crippen LogP contribution in [0.3, 0.4) is 0 Å². The molecule has 0 fully saturated rings. The molecule has 0 amide bonds. The van der Waals surface area contributed by atoms with Crippen LogP contribution in [0.5, 0.6) is 0 Å². The van der Waals surface area contributed by atoms with Crippen molar-refractivity contribution in [2.24, 2.45) is 23.7 Å². The Morgan fingerprint density at radius 1 is 0.439 bits per heavy atom. The van der Waals surface area contributed by atoms with Gasteiger partial charge in [0.05, 0.1) is 47.5 Å². The van der Waals surface area contributed by atoms with Gasteiger partial charge in [-0.2, -0.15) is 0 Å². The van der Waals surface area contributed by atoms with E-state index in [0.717, 1.165) is 0 Å². The molecule has 0 rings (SSSR count). The molecular formula is C28H36O12Zr. The van der Waals surface area contributed by atoms with Crippen LogP contribution in [0.4, 0.5) is 0 Å². The Bertz CT molecular complexity index is 744. The van der Waals surface area contributed by atoms with Crippen LogP contribution in [-0.2, 0) is 64.6 Å². The minimum absolute atomic E-state index is 0. The Morgan fingerprint density at radius 3 is 0.585 bits per heavy atom. The molecule has 0 N–H and O–H groups in total. The Balaban J connectivity index is -0.000000139. The van der Waals surface area contributed by atoms with Gasteiger partial charge < -0.3 is 39.6 Å². The molecule has 0 heterocycles. The van der Waals surface area contributed by atoms with Crippen LogP contribution in [0.25, 0.3) is 0 Å².